The quantitative estimate of drug-likeness (QED) is 0.619. The molecule has 0 saturated carbocycles. The van der Waals surface area contributed by atoms with Gasteiger partial charge in [0.25, 0.3) is 0 Å². The van der Waals surface area contributed by atoms with Crippen molar-refractivity contribution in [2.24, 2.45) is 0 Å². The highest BCUT2D eigenvalue weighted by Crippen LogP contribution is 2.20. The number of urea groups is 1. The summed E-state index contributed by atoms with van der Waals surface area (Å²) in [7, 11) is -3.56. The van der Waals surface area contributed by atoms with Crippen molar-refractivity contribution in [2.75, 3.05) is 11.6 Å². The number of amides is 2. The highest BCUT2D eigenvalue weighted by Gasteiger charge is 2.19. The van der Waals surface area contributed by atoms with E-state index in [1.807, 2.05) is 38.1 Å². The van der Waals surface area contributed by atoms with E-state index in [1.54, 1.807) is 29.2 Å². The second-order valence-corrected chi connectivity index (χ2v) is 8.75. The Morgan fingerprint density at radius 1 is 1.22 bits per heavy atom. The van der Waals surface area contributed by atoms with Gasteiger partial charge in [0.2, 0.25) is 0 Å². The van der Waals surface area contributed by atoms with Crippen LogP contribution in [-0.4, -0.2) is 31.6 Å². The molecule has 27 heavy (non-hydrogen) atoms. The lowest BCUT2D eigenvalue weighted by molar-refractivity contribution is 0.187. The standard InChI is InChI=1S/C19H23BrN2O4S/c1-4-14(2)22(19(23)21-17-7-5-6-16(20)12-17)13-15-8-10-18(11-9-15)26-27(3,24)25/h5-12,14H,4,13H2,1-3H3,(H,21,23). The van der Waals surface area contributed by atoms with E-state index in [1.165, 1.54) is 0 Å². The first-order valence-corrected chi connectivity index (χ1v) is 11.1. The summed E-state index contributed by atoms with van der Waals surface area (Å²) in [6.07, 6.45) is 1.80. The minimum absolute atomic E-state index is 0.0316. The molecular formula is C19H23BrN2O4S. The number of hydrogen-bond acceptors (Lipinski definition) is 4. The second kappa shape index (κ2) is 9.23. The maximum Gasteiger partial charge on any atom is 0.322 e. The molecule has 8 heteroatoms. The van der Waals surface area contributed by atoms with E-state index in [0.717, 1.165) is 22.7 Å². The third kappa shape index (κ3) is 6.88. The Balaban J connectivity index is 2.13. The third-order valence-corrected chi connectivity index (χ3v) is 4.97. The van der Waals surface area contributed by atoms with Gasteiger partial charge in [-0.3, -0.25) is 0 Å². The van der Waals surface area contributed by atoms with Crippen LogP contribution >= 0.6 is 15.9 Å². The Morgan fingerprint density at radius 3 is 2.44 bits per heavy atom. The Bertz CT molecular complexity index is 885. The van der Waals surface area contributed by atoms with Crippen molar-refractivity contribution in [3.05, 3.63) is 58.6 Å². The fourth-order valence-corrected chi connectivity index (χ4v) is 3.29. The molecule has 0 fully saturated rings. The van der Waals surface area contributed by atoms with Crippen molar-refractivity contribution in [3.8, 4) is 5.75 Å². The molecule has 6 nitrogen and oxygen atoms in total. The van der Waals surface area contributed by atoms with Crippen molar-refractivity contribution in [2.45, 2.75) is 32.9 Å². The van der Waals surface area contributed by atoms with Crippen LogP contribution in [0.2, 0.25) is 0 Å². The molecule has 0 bridgehead atoms. The van der Waals surface area contributed by atoms with Crippen molar-refractivity contribution in [3.63, 3.8) is 0 Å². The van der Waals surface area contributed by atoms with Gasteiger partial charge in [-0.25, -0.2) is 4.79 Å². The van der Waals surface area contributed by atoms with Crippen molar-refractivity contribution in [1.82, 2.24) is 4.90 Å². The van der Waals surface area contributed by atoms with Gasteiger partial charge in [-0.15, -0.1) is 0 Å². The van der Waals surface area contributed by atoms with E-state index >= 15 is 0 Å². The normalized spacial score (nSPS) is 12.3. The molecule has 0 aliphatic carbocycles. The Morgan fingerprint density at radius 2 is 1.89 bits per heavy atom. The highest BCUT2D eigenvalue weighted by atomic mass is 79.9. The Kier molecular flexibility index (Phi) is 7.26. The molecule has 2 aromatic rings. The monoisotopic (exact) mass is 454 g/mol. The third-order valence-electron chi connectivity index (χ3n) is 3.98. The Hall–Kier alpha value is -2.06. The molecule has 0 heterocycles. The van der Waals surface area contributed by atoms with Crippen molar-refractivity contribution in [1.29, 1.82) is 0 Å². The van der Waals surface area contributed by atoms with Crippen LogP contribution < -0.4 is 9.50 Å². The maximum atomic E-state index is 12.8. The van der Waals surface area contributed by atoms with Gasteiger partial charge in [-0.1, -0.05) is 41.1 Å². The summed E-state index contributed by atoms with van der Waals surface area (Å²) in [5.41, 5.74) is 1.58. The smallest absolute Gasteiger partial charge is 0.322 e. The number of hydrogen-bond donors (Lipinski definition) is 1. The van der Waals surface area contributed by atoms with Crippen LogP contribution in [0.25, 0.3) is 0 Å². The molecule has 0 aromatic heterocycles. The molecule has 1 atom stereocenters. The van der Waals surface area contributed by atoms with Crippen molar-refractivity contribution >= 4 is 37.8 Å². The zero-order valence-electron chi connectivity index (χ0n) is 15.5. The van der Waals surface area contributed by atoms with Gasteiger partial charge < -0.3 is 14.4 Å². The topological polar surface area (TPSA) is 75.7 Å². The van der Waals surface area contributed by atoms with E-state index in [4.69, 9.17) is 4.18 Å². The van der Waals surface area contributed by atoms with E-state index in [2.05, 4.69) is 21.2 Å². The van der Waals surface area contributed by atoms with Gasteiger partial charge in [0.15, 0.2) is 0 Å². The average molecular weight is 455 g/mol. The molecular weight excluding hydrogens is 432 g/mol. The number of nitrogens with zero attached hydrogens (tertiary/aromatic N) is 1. The number of nitrogens with one attached hydrogen (secondary N) is 1. The zero-order chi connectivity index (χ0) is 20.0. The predicted molar refractivity (Wildman–Crippen MR) is 110 cm³/mol. The summed E-state index contributed by atoms with van der Waals surface area (Å²) in [5.74, 6) is 0.245. The lowest BCUT2D eigenvalue weighted by Gasteiger charge is -2.29. The molecule has 0 radical (unpaired) electrons. The molecule has 0 aliphatic rings. The molecule has 1 N–H and O–H groups in total. The molecule has 0 saturated heterocycles. The van der Waals surface area contributed by atoms with Crippen LogP contribution in [0.1, 0.15) is 25.8 Å². The van der Waals surface area contributed by atoms with Gasteiger partial charge >= 0.3 is 16.1 Å². The number of benzene rings is 2. The molecule has 146 valence electrons. The summed E-state index contributed by atoms with van der Waals surface area (Å²) >= 11 is 3.39. The van der Waals surface area contributed by atoms with Gasteiger partial charge in [-0.2, -0.15) is 8.42 Å². The van der Waals surface area contributed by atoms with Crippen molar-refractivity contribution < 1.29 is 17.4 Å². The fraction of sp³-hybridized carbons (Fsp3) is 0.316. The first-order chi connectivity index (χ1) is 12.7. The van der Waals surface area contributed by atoms with Crippen LogP contribution in [0.4, 0.5) is 10.5 Å². The van der Waals surface area contributed by atoms with E-state index in [0.29, 0.717) is 12.2 Å². The van der Waals surface area contributed by atoms with Crippen LogP contribution in [-0.2, 0) is 16.7 Å². The van der Waals surface area contributed by atoms with Crippen LogP contribution in [0.5, 0.6) is 5.75 Å². The van der Waals surface area contributed by atoms with Gasteiger partial charge in [0, 0.05) is 22.7 Å². The van der Waals surface area contributed by atoms with E-state index in [-0.39, 0.29) is 17.8 Å². The van der Waals surface area contributed by atoms with E-state index in [9.17, 15) is 13.2 Å². The number of rotatable bonds is 7. The van der Waals surface area contributed by atoms with Gasteiger partial charge in [0.1, 0.15) is 5.75 Å². The zero-order valence-corrected chi connectivity index (χ0v) is 17.9. The molecule has 0 spiro atoms. The SMILES string of the molecule is CCC(C)N(Cc1ccc(OS(C)(=O)=O)cc1)C(=O)Nc1cccc(Br)c1. The first kappa shape index (κ1) is 21.2. The first-order valence-electron chi connectivity index (χ1n) is 8.49. The van der Waals surface area contributed by atoms with Crippen LogP contribution in [0.15, 0.2) is 53.0 Å². The van der Waals surface area contributed by atoms with Gasteiger partial charge in [-0.05, 0) is 49.2 Å². The van der Waals surface area contributed by atoms with Crippen LogP contribution in [0.3, 0.4) is 0 Å². The summed E-state index contributed by atoms with van der Waals surface area (Å²) in [6, 6.07) is 13.9. The summed E-state index contributed by atoms with van der Waals surface area (Å²) in [6.45, 7) is 4.41. The average Bonchev–Trinajstić information content (AvgIpc) is 2.59. The predicted octanol–water partition coefficient (Wildman–Crippen LogP) is 4.62. The summed E-state index contributed by atoms with van der Waals surface area (Å²) in [5, 5.41) is 2.91. The lowest BCUT2D eigenvalue weighted by Crippen LogP contribution is -2.40. The molecule has 2 rings (SSSR count). The summed E-state index contributed by atoms with van der Waals surface area (Å²) < 4.78 is 28.1. The second-order valence-electron chi connectivity index (χ2n) is 6.26. The molecule has 2 aromatic carbocycles. The van der Waals surface area contributed by atoms with E-state index < -0.39 is 10.1 Å². The highest BCUT2D eigenvalue weighted by molar-refractivity contribution is 9.10. The van der Waals surface area contributed by atoms with Gasteiger partial charge in [0.05, 0.1) is 6.26 Å². The summed E-state index contributed by atoms with van der Waals surface area (Å²) in [4.78, 5) is 14.5. The minimum Gasteiger partial charge on any atom is -0.383 e. The molecule has 1 unspecified atom stereocenters. The number of anilines is 1. The molecule has 2 amide bonds. The lowest BCUT2D eigenvalue weighted by atomic mass is 10.1. The number of halogens is 1. The number of carbonyl (C=O) groups is 1. The fourth-order valence-electron chi connectivity index (χ4n) is 2.43. The molecule has 0 aliphatic heterocycles. The van der Waals surface area contributed by atoms with Crippen LogP contribution in [0, 0.1) is 0 Å². The minimum atomic E-state index is -3.56. The Labute approximate surface area is 168 Å². The largest absolute Gasteiger partial charge is 0.383 e. The maximum absolute atomic E-state index is 12.8. The number of carbonyl (C=O) groups excluding carboxylic acids is 1.